The maximum atomic E-state index is 4.29. The van der Waals surface area contributed by atoms with Gasteiger partial charge in [-0.25, -0.2) is 0 Å². The normalized spacial score (nSPS) is 10.8. The Labute approximate surface area is 77.4 Å². The van der Waals surface area contributed by atoms with E-state index in [0.29, 0.717) is 0 Å². The molecule has 12 heavy (non-hydrogen) atoms. The summed E-state index contributed by atoms with van der Waals surface area (Å²) in [6.45, 7) is 0. The van der Waals surface area contributed by atoms with E-state index in [2.05, 4.69) is 54.7 Å². The number of aryl methyl sites for hydroxylation is 1. The number of hydrogen-bond acceptors (Lipinski definition) is 1. The van der Waals surface area contributed by atoms with Crippen LogP contribution in [0.3, 0.4) is 0 Å². The van der Waals surface area contributed by atoms with E-state index in [1.165, 1.54) is 16.5 Å². The first-order valence-electron chi connectivity index (χ1n) is 3.96. The van der Waals surface area contributed by atoms with Gasteiger partial charge in [0.15, 0.2) is 0 Å². The van der Waals surface area contributed by atoms with E-state index in [1.54, 1.807) is 0 Å². The monoisotopic (exact) mass is 177 g/mol. The molecule has 1 nitrogen and oxygen atoms in total. The number of nitrogens with zero attached hydrogens (tertiary/aromatic N) is 1. The molecular weight excluding hydrogens is 166 g/mol. The Morgan fingerprint density at radius 3 is 2.92 bits per heavy atom. The highest BCUT2D eigenvalue weighted by atomic mass is 32.1. The SMILES string of the molecule is Cn1ccc2c(CS)cccc21. The molecule has 0 bridgehead atoms. The van der Waals surface area contributed by atoms with Gasteiger partial charge in [-0.3, -0.25) is 0 Å². The second kappa shape index (κ2) is 2.87. The van der Waals surface area contributed by atoms with E-state index in [0.717, 1.165) is 5.75 Å². The molecule has 2 rings (SSSR count). The van der Waals surface area contributed by atoms with Gasteiger partial charge in [0.2, 0.25) is 0 Å². The Morgan fingerprint density at radius 2 is 2.17 bits per heavy atom. The minimum absolute atomic E-state index is 0.807. The topological polar surface area (TPSA) is 4.93 Å². The van der Waals surface area contributed by atoms with Crippen molar-refractivity contribution >= 4 is 23.5 Å². The summed E-state index contributed by atoms with van der Waals surface area (Å²) in [4.78, 5) is 0. The Balaban J connectivity index is 2.81. The molecule has 0 aliphatic carbocycles. The molecule has 0 fully saturated rings. The van der Waals surface area contributed by atoms with Gasteiger partial charge in [-0.15, -0.1) is 0 Å². The number of aromatic nitrogens is 1. The lowest BCUT2D eigenvalue weighted by atomic mass is 10.1. The molecule has 1 heterocycles. The quantitative estimate of drug-likeness (QED) is 0.639. The average Bonchev–Trinajstić information content (AvgIpc) is 2.48. The lowest BCUT2D eigenvalue weighted by Gasteiger charge is -1.99. The zero-order valence-electron chi connectivity index (χ0n) is 6.99. The van der Waals surface area contributed by atoms with Crippen molar-refractivity contribution in [1.29, 1.82) is 0 Å². The first kappa shape index (κ1) is 7.74. The first-order chi connectivity index (χ1) is 5.83. The third kappa shape index (κ3) is 1.03. The smallest absolute Gasteiger partial charge is 0.0480 e. The summed E-state index contributed by atoms with van der Waals surface area (Å²) in [7, 11) is 2.06. The van der Waals surface area contributed by atoms with Crippen LogP contribution in [-0.2, 0) is 12.8 Å². The molecule has 0 saturated heterocycles. The highest BCUT2D eigenvalue weighted by Crippen LogP contribution is 2.20. The van der Waals surface area contributed by atoms with Crippen LogP contribution in [0, 0.1) is 0 Å². The standard InChI is InChI=1S/C10H11NS/c1-11-6-5-9-8(7-12)3-2-4-10(9)11/h2-6,12H,7H2,1H3. The molecule has 1 aromatic heterocycles. The molecule has 0 unspecified atom stereocenters. The highest BCUT2D eigenvalue weighted by Gasteiger charge is 2.00. The van der Waals surface area contributed by atoms with Gasteiger partial charge >= 0.3 is 0 Å². The van der Waals surface area contributed by atoms with Gasteiger partial charge in [-0.1, -0.05) is 12.1 Å². The van der Waals surface area contributed by atoms with Crippen LogP contribution < -0.4 is 0 Å². The third-order valence-corrected chi connectivity index (χ3v) is 2.53. The average molecular weight is 177 g/mol. The van der Waals surface area contributed by atoms with E-state index >= 15 is 0 Å². The Kier molecular flexibility index (Phi) is 1.85. The van der Waals surface area contributed by atoms with Crippen molar-refractivity contribution in [2.75, 3.05) is 0 Å². The number of fused-ring (bicyclic) bond motifs is 1. The van der Waals surface area contributed by atoms with Crippen molar-refractivity contribution in [2.24, 2.45) is 7.05 Å². The second-order valence-corrected chi connectivity index (χ2v) is 3.25. The molecule has 2 aromatic rings. The minimum Gasteiger partial charge on any atom is -0.351 e. The number of thiol groups is 1. The summed E-state index contributed by atoms with van der Waals surface area (Å²) in [6, 6.07) is 8.46. The number of hydrogen-bond donors (Lipinski definition) is 1. The van der Waals surface area contributed by atoms with Gasteiger partial charge in [0.25, 0.3) is 0 Å². The summed E-state index contributed by atoms with van der Waals surface area (Å²) in [5, 5.41) is 1.31. The van der Waals surface area contributed by atoms with Crippen LogP contribution in [0.1, 0.15) is 5.56 Å². The van der Waals surface area contributed by atoms with Gasteiger partial charge in [0, 0.05) is 29.9 Å². The molecule has 0 aliphatic heterocycles. The molecule has 1 aromatic carbocycles. The maximum absolute atomic E-state index is 4.29. The summed E-state index contributed by atoms with van der Waals surface area (Å²) < 4.78 is 2.13. The van der Waals surface area contributed by atoms with E-state index in [1.807, 2.05) is 0 Å². The minimum atomic E-state index is 0.807. The van der Waals surface area contributed by atoms with Crippen molar-refractivity contribution in [2.45, 2.75) is 5.75 Å². The maximum Gasteiger partial charge on any atom is 0.0480 e. The van der Waals surface area contributed by atoms with Crippen LogP contribution in [0.2, 0.25) is 0 Å². The van der Waals surface area contributed by atoms with E-state index in [9.17, 15) is 0 Å². The molecule has 62 valence electrons. The van der Waals surface area contributed by atoms with Gasteiger partial charge in [-0.2, -0.15) is 12.6 Å². The predicted molar refractivity (Wildman–Crippen MR) is 55.6 cm³/mol. The number of rotatable bonds is 1. The van der Waals surface area contributed by atoms with Gasteiger partial charge in [-0.05, 0) is 17.7 Å². The molecule has 0 radical (unpaired) electrons. The van der Waals surface area contributed by atoms with Crippen molar-refractivity contribution in [3.8, 4) is 0 Å². The first-order valence-corrected chi connectivity index (χ1v) is 4.60. The Hall–Kier alpha value is -0.890. The van der Waals surface area contributed by atoms with Crippen LogP contribution in [0.5, 0.6) is 0 Å². The second-order valence-electron chi connectivity index (χ2n) is 2.93. The molecule has 0 aliphatic rings. The molecule has 0 atom stereocenters. The Morgan fingerprint density at radius 1 is 1.33 bits per heavy atom. The molecule has 0 spiro atoms. The zero-order chi connectivity index (χ0) is 8.55. The summed E-state index contributed by atoms with van der Waals surface area (Å²) in [6.07, 6.45) is 2.08. The van der Waals surface area contributed by atoms with E-state index < -0.39 is 0 Å². The van der Waals surface area contributed by atoms with Crippen LogP contribution in [0.4, 0.5) is 0 Å². The summed E-state index contributed by atoms with van der Waals surface area (Å²) >= 11 is 4.29. The molecule has 0 saturated carbocycles. The van der Waals surface area contributed by atoms with Crippen molar-refractivity contribution < 1.29 is 0 Å². The fraction of sp³-hybridized carbons (Fsp3) is 0.200. The van der Waals surface area contributed by atoms with E-state index in [4.69, 9.17) is 0 Å². The number of benzene rings is 1. The lowest BCUT2D eigenvalue weighted by Crippen LogP contribution is -1.84. The van der Waals surface area contributed by atoms with Crippen LogP contribution in [0.15, 0.2) is 30.5 Å². The van der Waals surface area contributed by atoms with Crippen molar-refractivity contribution in [3.63, 3.8) is 0 Å². The van der Waals surface area contributed by atoms with Gasteiger partial charge < -0.3 is 4.57 Å². The van der Waals surface area contributed by atoms with Gasteiger partial charge in [0.05, 0.1) is 0 Å². The fourth-order valence-corrected chi connectivity index (χ4v) is 1.78. The Bertz CT molecular complexity index is 403. The molecule has 0 amide bonds. The van der Waals surface area contributed by atoms with E-state index in [-0.39, 0.29) is 0 Å². The molecule has 0 N–H and O–H groups in total. The predicted octanol–water partition coefficient (Wildman–Crippen LogP) is 2.61. The molecule has 2 heteroatoms. The zero-order valence-corrected chi connectivity index (χ0v) is 7.88. The molecular formula is C10H11NS. The largest absolute Gasteiger partial charge is 0.351 e. The van der Waals surface area contributed by atoms with Crippen LogP contribution >= 0.6 is 12.6 Å². The van der Waals surface area contributed by atoms with Crippen molar-refractivity contribution in [1.82, 2.24) is 4.57 Å². The summed E-state index contributed by atoms with van der Waals surface area (Å²) in [5.74, 6) is 0.807. The highest BCUT2D eigenvalue weighted by molar-refractivity contribution is 7.79. The summed E-state index contributed by atoms with van der Waals surface area (Å²) in [5.41, 5.74) is 2.58. The van der Waals surface area contributed by atoms with Crippen LogP contribution in [0.25, 0.3) is 10.9 Å². The van der Waals surface area contributed by atoms with Gasteiger partial charge in [0.1, 0.15) is 0 Å². The fourth-order valence-electron chi connectivity index (χ4n) is 1.50. The third-order valence-electron chi connectivity index (χ3n) is 2.19. The van der Waals surface area contributed by atoms with Crippen molar-refractivity contribution in [3.05, 3.63) is 36.0 Å². The lowest BCUT2D eigenvalue weighted by molar-refractivity contribution is 0.969. The van der Waals surface area contributed by atoms with Crippen LogP contribution in [-0.4, -0.2) is 4.57 Å².